The van der Waals surface area contributed by atoms with Gasteiger partial charge in [-0.1, -0.05) is 17.4 Å². The van der Waals surface area contributed by atoms with Gasteiger partial charge in [-0.25, -0.2) is 4.98 Å². The Bertz CT molecular complexity index is 1010. The van der Waals surface area contributed by atoms with Gasteiger partial charge in [-0.05, 0) is 18.2 Å². The predicted octanol–water partition coefficient (Wildman–Crippen LogP) is 4.23. The van der Waals surface area contributed by atoms with Crippen LogP contribution in [0.25, 0.3) is 0 Å². The SMILES string of the molecule is COc1cc(NC(=O)c2cnc(Nc3cccc(N(C)C)c3)s2)cc(OC)c1OC. The molecule has 0 spiro atoms. The van der Waals surface area contributed by atoms with Crippen molar-refractivity contribution in [3.63, 3.8) is 0 Å². The zero-order valence-corrected chi connectivity index (χ0v) is 18.3. The molecule has 0 fully saturated rings. The monoisotopic (exact) mass is 428 g/mol. The van der Waals surface area contributed by atoms with Gasteiger partial charge in [0.05, 0.1) is 27.5 Å². The lowest BCUT2D eigenvalue weighted by Crippen LogP contribution is -2.10. The lowest BCUT2D eigenvalue weighted by atomic mass is 10.2. The molecule has 2 N–H and O–H groups in total. The standard InChI is InChI=1S/C21H24N4O4S/c1-25(2)15-8-6-7-13(9-15)24-21-22-12-18(30-21)20(26)23-14-10-16(27-3)19(29-5)17(11-14)28-4/h6-12H,1-5H3,(H,22,24)(H,23,26). The normalized spacial score (nSPS) is 10.3. The number of carbonyl (C=O) groups excluding carboxylic acids is 1. The number of nitrogens with zero attached hydrogens (tertiary/aromatic N) is 2. The molecule has 30 heavy (non-hydrogen) atoms. The van der Waals surface area contributed by atoms with Crippen molar-refractivity contribution in [2.24, 2.45) is 0 Å². The minimum Gasteiger partial charge on any atom is -0.493 e. The second-order valence-corrected chi connectivity index (χ2v) is 7.50. The van der Waals surface area contributed by atoms with Crippen LogP contribution in [0.5, 0.6) is 17.2 Å². The summed E-state index contributed by atoms with van der Waals surface area (Å²) in [6, 6.07) is 11.3. The quantitative estimate of drug-likeness (QED) is 0.555. The molecule has 1 heterocycles. The molecule has 3 rings (SSSR count). The van der Waals surface area contributed by atoms with E-state index in [0.717, 1.165) is 11.4 Å². The molecule has 0 saturated carbocycles. The van der Waals surface area contributed by atoms with E-state index in [1.165, 1.54) is 38.9 Å². The van der Waals surface area contributed by atoms with Crippen molar-refractivity contribution in [3.8, 4) is 17.2 Å². The molecule has 3 aromatic rings. The number of methoxy groups -OCH3 is 3. The number of hydrogen-bond acceptors (Lipinski definition) is 8. The molecule has 1 aromatic heterocycles. The van der Waals surface area contributed by atoms with Crippen LogP contribution in [0.3, 0.4) is 0 Å². The summed E-state index contributed by atoms with van der Waals surface area (Å²) in [6.07, 6.45) is 1.54. The Labute approximate surface area is 179 Å². The van der Waals surface area contributed by atoms with Gasteiger partial charge in [-0.3, -0.25) is 4.79 Å². The Morgan fingerprint density at radius 2 is 1.70 bits per heavy atom. The molecule has 0 aliphatic heterocycles. The second kappa shape index (κ2) is 9.36. The first-order valence-corrected chi connectivity index (χ1v) is 9.88. The molecule has 0 bridgehead atoms. The third kappa shape index (κ3) is 4.74. The number of hydrogen-bond donors (Lipinski definition) is 2. The van der Waals surface area contributed by atoms with E-state index < -0.39 is 0 Å². The molecule has 0 unspecified atom stereocenters. The highest BCUT2D eigenvalue weighted by Crippen LogP contribution is 2.40. The van der Waals surface area contributed by atoms with Crippen LogP contribution in [0.2, 0.25) is 0 Å². The zero-order chi connectivity index (χ0) is 21.7. The maximum absolute atomic E-state index is 12.7. The number of anilines is 4. The van der Waals surface area contributed by atoms with Crippen LogP contribution in [0.4, 0.5) is 22.2 Å². The molecule has 8 nitrogen and oxygen atoms in total. The Hall–Kier alpha value is -3.46. The summed E-state index contributed by atoms with van der Waals surface area (Å²) < 4.78 is 16.0. The Morgan fingerprint density at radius 1 is 1.00 bits per heavy atom. The predicted molar refractivity (Wildman–Crippen MR) is 120 cm³/mol. The maximum Gasteiger partial charge on any atom is 0.267 e. The van der Waals surface area contributed by atoms with E-state index in [-0.39, 0.29) is 5.91 Å². The summed E-state index contributed by atoms with van der Waals surface area (Å²) in [6.45, 7) is 0. The molecule has 158 valence electrons. The third-order valence-electron chi connectivity index (χ3n) is 4.27. The van der Waals surface area contributed by atoms with Gasteiger partial charge >= 0.3 is 0 Å². The minimum absolute atomic E-state index is 0.281. The number of aromatic nitrogens is 1. The number of nitrogens with one attached hydrogen (secondary N) is 2. The van der Waals surface area contributed by atoms with Crippen LogP contribution in [0.15, 0.2) is 42.6 Å². The highest BCUT2D eigenvalue weighted by atomic mass is 32.1. The van der Waals surface area contributed by atoms with E-state index in [2.05, 4.69) is 15.6 Å². The maximum atomic E-state index is 12.7. The molecule has 0 radical (unpaired) electrons. The topological polar surface area (TPSA) is 85.0 Å². The number of carbonyl (C=O) groups is 1. The number of amides is 1. The van der Waals surface area contributed by atoms with E-state index in [9.17, 15) is 4.79 Å². The van der Waals surface area contributed by atoms with Crippen LogP contribution in [-0.2, 0) is 0 Å². The molecule has 9 heteroatoms. The number of benzene rings is 2. The van der Waals surface area contributed by atoms with Crippen molar-refractivity contribution < 1.29 is 19.0 Å². The van der Waals surface area contributed by atoms with Crippen molar-refractivity contribution in [1.82, 2.24) is 4.98 Å². The summed E-state index contributed by atoms with van der Waals surface area (Å²) in [4.78, 5) is 19.5. The lowest BCUT2D eigenvalue weighted by Gasteiger charge is -2.14. The van der Waals surface area contributed by atoms with Crippen molar-refractivity contribution in [2.75, 3.05) is 51.0 Å². The lowest BCUT2D eigenvalue weighted by molar-refractivity contribution is 0.103. The van der Waals surface area contributed by atoms with E-state index in [4.69, 9.17) is 14.2 Å². The smallest absolute Gasteiger partial charge is 0.267 e. The number of ether oxygens (including phenoxy) is 3. The van der Waals surface area contributed by atoms with Gasteiger partial charge in [-0.15, -0.1) is 0 Å². The summed E-state index contributed by atoms with van der Waals surface area (Å²) >= 11 is 1.26. The first-order chi connectivity index (χ1) is 14.4. The average Bonchev–Trinajstić information content (AvgIpc) is 3.21. The van der Waals surface area contributed by atoms with Crippen molar-refractivity contribution in [3.05, 3.63) is 47.5 Å². The first-order valence-electron chi connectivity index (χ1n) is 9.06. The van der Waals surface area contributed by atoms with E-state index in [1.807, 2.05) is 43.3 Å². The fourth-order valence-electron chi connectivity index (χ4n) is 2.77. The fourth-order valence-corrected chi connectivity index (χ4v) is 3.50. The van der Waals surface area contributed by atoms with Gasteiger partial charge in [-0.2, -0.15) is 0 Å². The minimum atomic E-state index is -0.281. The molecule has 0 aliphatic carbocycles. The average molecular weight is 429 g/mol. The molecular weight excluding hydrogens is 404 g/mol. The number of thiazole rings is 1. The van der Waals surface area contributed by atoms with E-state index in [0.29, 0.717) is 32.9 Å². The van der Waals surface area contributed by atoms with Crippen LogP contribution in [0, 0.1) is 0 Å². The van der Waals surface area contributed by atoms with E-state index >= 15 is 0 Å². The van der Waals surface area contributed by atoms with Crippen LogP contribution in [0.1, 0.15) is 9.67 Å². The van der Waals surface area contributed by atoms with E-state index in [1.54, 1.807) is 12.1 Å². The molecule has 1 amide bonds. The highest BCUT2D eigenvalue weighted by Gasteiger charge is 2.16. The zero-order valence-electron chi connectivity index (χ0n) is 17.5. The van der Waals surface area contributed by atoms with Gasteiger partial charge in [0.25, 0.3) is 5.91 Å². The van der Waals surface area contributed by atoms with Crippen LogP contribution < -0.4 is 29.7 Å². The summed E-state index contributed by atoms with van der Waals surface area (Å²) in [5, 5.41) is 6.70. The van der Waals surface area contributed by atoms with Gasteiger partial charge in [0.15, 0.2) is 16.6 Å². The number of rotatable bonds is 8. The van der Waals surface area contributed by atoms with Gasteiger partial charge in [0, 0.05) is 43.3 Å². The summed E-state index contributed by atoms with van der Waals surface area (Å²) in [5.41, 5.74) is 2.49. The van der Waals surface area contributed by atoms with Gasteiger partial charge < -0.3 is 29.7 Å². The Balaban J connectivity index is 1.75. The van der Waals surface area contributed by atoms with Crippen molar-refractivity contribution >= 4 is 39.4 Å². The Kier molecular flexibility index (Phi) is 6.63. The van der Waals surface area contributed by atoms with Gasteiger partial charge in [0.1, 0.15) is 4.88 Å². The van der Waals surface area contributed by atoms with Crippen LogP contribution in [-0.4, -0.2) is 46.3 Å². The fraction of sp³-hybridized carbons (Fsp3) is 0.238. The molecular formula is C21H24N4O4S. The first kappa shape index (κ1) is 21.3. The largest absolute Gasteiger partial charge is 0.493 e. The molecule has 0 aliphatic rings. The van der Waals surface area contributed by atoms with Crippen molar-refractivity contribution in [1.29, 1.82) is 0 Å². The summed E-state index contributed by atoms with van der Waals surface area (Å²) in [7, 11) is 8.53. The van der Waals surface area contributed by atoms with Crippen molar-refractivity contribution in [2.45, 2.75) is 0 Å². The van der Waals surface area contributed by atoms with Crippen LogP contribution >= 0.6 is 11.3 Å². The highest BCUT2D eigenvalue weighted by molar-refractivity contribution is 7.17. The summed E-state index contributed by atoms with van der Waals surface area (Å²) in [5.74, 6) is 1.10. The Morgan fingerprint density at radius 3 is 2.30 bits per heavy atom. The second-order valence-electron chi connectivity index (χ2n) is 6.47. The van der Waals surface area contributed by atoms with Gasteiger partial charge in [0.2, 0.25) is 5.75 Å². The molecule has 0 atom stereocenters. The molecule has 0 saturated heterocycles. The third-order valence-corrected chi connectivity index (χ3v) is 5.18. The molecule has 2 aromatic carbocycles.